The molecule has 0 unspecified atom stereocenters. The highest BCUT2D eigenvalue weighted by Crippen LogP contribution is 2.20. The summed E-state index contributed by atoms with van der Waals surface area (Å²) in [6, 6.07) is 7.87. The lowest BCUT2D eigenvalue weighted by Crippen LogP contribution is -2.24. The molecule has 0 aliphatic carbocycles. The number of benzene rings is 1. The van der Waals surface area contributed by atoms with Gasteiger partial charge in [-0.05, 0) is 31.9 Å². The lowest BCUT2D eigenvalue weighted by molar-refractivity contribution is -0.125. The minimum Gasteiger partial charge on any atom is -0.496 e. The van der Waals surface area contributed by atoms with Crippen LogP contribution in [0.2, 0.25) is 0 Å². The smallest absolute Gasteiger partial charge is 0.246 e. The van der Waals surface area contributed by atoms with E-state index in [-0.39, 0.29) is 5.91 Å². The molecule has 0 atom stereocenters. The number of hydrogen-bond acceptors (Lipinski definition) is 4. The number of nitrogens with zero attached hydrogens (tertiary/aromatic N) is 2. The number of thiazole rings is 1. The quantitative estimate of drug-likeness (QED) is 0.760. The zero-order valence-corrected chi connectivity index (χ0v) is 14.8. The molecule has 5 heteroatoms. The van der Waals surface area contributed by atoms with Gasteiger partial charge in [-0.15, -0.1) is 11.3 Å². The molecule has 122 valence electrons. The average molecular weight is 330 g/mol. The molecule has 1 aromatic heterocycles. The standard InChI is InChI=1S/C18H22N2O2S/c1-13(9-15-7-5-6-8-17(15)22-4)10-18(21)20(3)12-16-11-19-14(2)23-16/h5-8,10-11H,9,12H2,1-4H3. The van der Waals surface area contributed by atoms with Crippen LogP contribution in [0.3, 0.4) is 0 Å². The number of rotatable bonds is 6. The first-order chi connectivity index (χ1) is 11.0. The van der Waals surface area contributed by atoms with Crippen molar-refractivity contribution in [2.75, 3.05) is 14.2 Å². The Morgan fingerprint density at radius 2 is 2.13 bits per heavy atom. The number of carbonyl (C=O) groups excluding carboxylic acids is 1. The first-order valence-electron chi connectivity index (χ1n) is 7.45. The van der Waals surface area contributed by atoms with Crippen molar-refractivity contribution in [1.29, 1.82) is 0 Å². The number of ether oxygens (including phenoxy) is 1. The van der Waals surface area contributed by atoms with E-state index >= 15 is 0 Å². The van der Waals surface area contributed by atoms with E-state index in [4.69, 9.17) is 4.74 Å². The number of methoxy groups -OCH3 is 1. The third kappa shape index (κ3) is 4.93. The summed E-state index contributed by atoms with van der Waals surface area (Å²) < 4.78 is 5.35. The van der Waals surface area contributed by atoms with E-state index in [0.717, 1.165) is 26.8 Å². The molecule has 0 bridgehead atoms. The molecule has 0 saturated heterocycles. The molecule has 2 rings (SSSR count). The summed E-state index contributed by atoms with van der Waals surface area (Å²) in [5.41, 5.74) is 2.09. The maximum absolute atomic E-state index is 12.3. The number of amides is 1. The van der Waals surface area contributed by atoms with Crippen LogP contribution in [0.25, 0.3) is 0 Å². The molecule has 0 fully saturated rings. The first-order valence-corrected chi connectivity index (χ1v) is 8.26. The molecule has 0 aliphatic heterocycles. The maximum atomic E-state index is 12.3. The van der Waals surface area contributed by atoms with E-state index in [1.165, 1.54) is 0 Å². The fraction of sp³-hybridized carbons (Fsp3) is 0.333. The number of allylic oxidation sites excluding steroid dienone is 1. The van der Waals surface area contributed by atoms with Gasteiger partial charge in [0.2, 0.25) is 5.91 Å². The Kier molecular flexibility index (Phi) is 5.93. The Labute approximate surface area is 141 Å². The van der Waals surface area contributed by atoms with Crippen LogP contribution in [0.4, 0.5) is 0 Å². The second-order valence-corrected chi connectivity index (χ2v) is 6.84. The molecule has 1 aromatic carbocycles. The van der Waals surface area contributed by atoms with Gasteiger partial charge < -0.3 is 9.64 Å². The van der Waals surface area contributed by atoms with Crippen LogP contribution in [0.5, 0.6) is 5.75 Å². The largest absolute Gasteiger partial charge is 0.496 e. The number of hydrogen-bond donors (Lipinski definition) is 0. The average Bonchev–Trinajstić information content (AvgIpc) is 2.92. The molecule has 2 aromatic rings. The molecular formula is C18H22N2O2S. The van der Waals surface area contributed by atoms with Gasteiger partial charge >= 0.3 is 0 Å². The number of likely N-dealkylation sites (N-methyl/N-ethyl adjacent to an activating group) is 1. The van der Waals surface area contributed by atoms with Crippen molar-refractivity contribution in [3.8, 4) is 5.75 Å². The normalized spacial score (nSPS) is 11.4. The summed E-state index contributed by atoms with van der Waals surface area (Å²) >= 11 is 1.62. The summed E-state index contributed by atoms with van der Waals surface area (Å²) in [5, 5.41) is 1.02. The second-order valence-electron chi connectivity index (χ2n) is 5.52. The highest BCUT2D eigenvalue weighted by atomic mass is 32.1. The number of carbonyl (C=O) groups is 1. The molecule has 0 saturated carbocycles. The zero-order valence-electron chi connectivity index (χ0n) is 14.0. The molecule has 0 N–H and O–H groups in total. The van der Waals surface area contributed by atoms with Crippen LogP contribution < -0.4 is 4.74 Å². The van der Waals surface area contributed by atoms with Crippen molar-refractivity contribution in [3.63, 3.8) is 0 Å². The van der Waals surface area contributed by atoms with E-state index < -0.39 is 0 Å². The number of aryl methyl sites for hydroxylation is 1. The van der Waals surface area contributed by atoms with Crippen molar-refractivity contribution in [2.24, 2.45) is 0 Å². The highest BCUT2D eigenvalue weighted by molar-refractivity contribution is 7.11. The van der Waals surface area contributed by atoms with Gasteiger partial charge in [0.25, 0.3) is 0 Å². The van der Waals surface area contributed by atoms with Crippen molar-refractivity contribution < 1.29 is 9.53 Å². The molecule has 23 heavy (non-hydrogen) atoms. The predicted molar refractivity (Wildman–Crippen MR) is 93.8 cm³/mol. The monoisotopic (exact) mass is 330 g/mol. The van der Waals surface area contributed by atoms with Gasteiger partial charge in [-0.2, -0.15) is 0 Å². The van der Waals surface area contributed by atoms with Gasteiger partial charge in [-0.1, -0.05) is 23.8 Å². The Balaban J connectivity index is 2.00. The molecule has 1 amide bonds. The van der Waals surface area contributed by atoms with E-state index in [9.17, 15) is 4.79 Å². The van der Waals surface area contributed by atoms with E-state index in [1.54, 1.807) is 29.4 Å². The third-order valence-corrected chi connectivity index (χ3v) is 4.37. The summed E-state index contributed by atoms with van der Waals surface area (Å²) in [6.45, 7) is 4.52. The predicted octanol–water partition coefficient (Wildman–Crippen LogP) is 3.61. The van der Waals surface area contributed by atoms with Gasteiger partial charge in [0.15, 0.2) is 0 Å². The van der Waals surface area contributed by atoms with Crippen molar-refractivity contribution in [1.82, 2.24) is 9.88 Å². The molecule has 1 heterocycles. The van der Waals surface area contributed by atoms with Crippen LogP contribution in [-0.4, -0.2) is 29.9 Å². The lowest BCUT2D eigenvalue weighted by Gasteiger charge is -2.14. The zero-order chi connectivity index (χ0) is 16.8. The van der Waals surface area contributed by atoms with Crippen LogP contribution in [0.15, 0.2) is 42.1 Å². The van der Waals surface area contributed by atoms with Gasteiger partial charge in [0, 0.05) is 24.2 Å². The number of para-hydroxylation sites is 1. The van der Waals surface area contributed by atoms with E-state index in [1.807, 2.05) is 51.4 Å². The fourth-order valence-corrected chi connectivity index (χ4v) is 3.16. The van der Waals surface area contributed by atoms with Crippen LogP contribution in [0, 0.1) is 6.92 Å². The van der Waals surface area contributed by atoms with E-state index in [0.29, 0.717) is 13.0 Å². The maximum Gasteiger partial charge on any atom is 0.246 e. The van der Waals surface area contributed by atoms with Gasteiger partial charge in [0.1, 0.15) is 5.75 Å². The minimum atomic E-state index is 0.00320. The van der Waals surface area contributed by atoms with Crippen molar-refractivity contribution in [2.45, 2.75) is 26.8 Å². The highest BCUT2D eigenvalue weighted by Gasteiger charge is 2.10. The van der Waals surface area contributed by atoms with Gasteiger partial charge in [-0.3, -0.25) is 4.79 Å². The SMILES string of the molecule is COc1ccccc1CC(C)=CC(=O)N(C)Cc1cnc(C)s1. The fourth-order valence-electron chi connectivity index (χ4n) is 2.31. The van der Waals surface area contributed by atoms with Crippen molar-refractivity contribution >= 4 is 17.2 Å². The first kappa shape index (κ1) is 17.2. The minimum absolute atomic E-state index is 0.00320. The molecule has 0 aliphatic rings. The summed E-state index contributed by atoms with van der Waals surface area (Å²) in [5.74, 6) is 0.852. The molecule has 4 nitrogen and oxygen atoms in total. The third-order valence-electron chi connectivity index (χ3n) is 3.47. The van der Waals surface area contributed by atoms with Crippen LogP contribution in [-0.2, 0) is 17.8 Å². The summed E-state index contributed by atoms with van der Waals surface area (Å²) in [4.78, 5) is 19.3. The Morgan fingerprint density at radius 3 is 2.78 bits per heavy atom. The van der Waals surface area contributed by atoms with Crippen molar-refractivity contribution in [3.05, 3.63) is 57.6 Å². The Morgan fingerprint density at radius 1 is 1.39 bits per heavy atom. The second kappa shape index (κ2) is 7.92. The molecule has 0 spiro atoms. The summed E-state index contributed by atoms with van der Waals surface area (Å²) in [6.07, 6.45) is 4.22. The lowest BCUT2D eigenvalue weighted by atomic mass is 10.0. The van der Waals surface area contributed by atoms with E-state index in [2.05, 4.69) is 4.98 Å². The van der Waals surface area contributed by atoms with Gasteiger partial charge in [-0.25, -0.2) is 4.98 Å². The topological polar surface area (TPSA) is 42.4 Å². The van der Waals surface area contributed by atoms with Gasteiger partial charge in [0.05, 0.1) is 18.7 Å². The Bertz CT molecular complexity index is 707. The Hall–Kier alpha value is -2.14. The molecule has 0 radical (unpaired) electrons. The van der Waals surface area contributed by atoms with Crippen LogP contribution >= 0.6 is 11.3 Å². The van der Waals surface area contributed by atoms with Crippen LogP contribution in [0.1, 0.15) is 22.4 Å². The molecular weight excluding hydrogens is 308 g/mol. The summed E-state index contributed by atoms with van der Waals surface area (Å²) in [7, 11) is 3.47. The number of aromatic nitrogens is 1.